The van der Waals surface area contributed by atoms with E-state index in [2.05, 4.69) is 5.32 Å². The molecular formula is C18H25ClF3N3O. The van der Waals surface area contributed by atoms with E-state index in [0.717, 1.165) is 12.1 Å². The molecule has 2 saturated heterocycles. The van der Waals surface area contributed by atoms with Gasteiger partial charge in [-0.15, -0.1) is 12.4 Å². The summed E-state index contributed by atoms with van der Waals surface area (Å²) in [5.74, 6) is -0.751. The lowest BCUT2D eigenvalue weighted by molar-refractivity contribution is -0.223. The van der Waals surface area contributed by atoms with Gasteiger partial charge < -0.3 is 10.2 Å². The van der Waals surface area contributed by atoms with Crippen molar-refractivity contribution in [3.05, 3.63) is 35.9 Å². The lowest BCUT2D eigenvalue weighted by Gasteiger charge is -2.35. The lowest BCUT2D eigenvalue weighted by atomic mass is 9.84. The molecule has 0 aromatic heterocycles. The summed E-state index contributed by atoms with van der Waals surface area (Å²) in [6, 6.07) is 9.42. The molecule has 1 aromatic rings. The van der Waals surface area contributed by atoms with Crippen LogP contribution in [0.1, 0.15) is 18.4 Å². The summed E-state index contributed by atoms with van der Waals surface area (Å²) >= 11 is 0. The minimum atomic E-state index is -4.53. The minimum absolute atomic E-state index is 0. The molecule has 0 radical (unpaired) electrons. The van der Waals surface area contributed by atoms with Crippen molar-refractivity contribution in [3.8, 4) is 0 Å². The first-order chi connectivity index (χ1) is 11.9. The highest BCUT2D eigenvalue weighted by atomic mass is 35.5. The van der Waals surface area contributed by atoms with Crippen molar-refractivity contribution < 1.29 is 18.0 Å². The molecule has 0 spiro atoms. The highest BCUT2D eigenvalue weighted by Gasteiger charge is 2.63. The molecule has 2 aliphatic rings. The van der Waals surface area contributed by atoms with Crippen LogP contribution in [0.15, 0.2) is 30.3 Å². The summed E-state index contributed by atoms with van der Waals surface area (Å²) < 4.78 is 41.8. The first-order valence-electron chi connectivity index (χ1n) is 8.75. The van der Waals surface area contributed by atoms with Gasteiger partial charge in [-0.25, -0.2) is 0 Å². The van der Waals surface area contributed by atoms with Crippen LogP contribution in [-0.4, -0.2) is 61.2 Å². The molecule has 2 heterocycles. The Bertz CT molecular complexity index is 591. The highest BCUT2D eigenvalue weighted by molar-refractivity contribution is 5.85. The van der Waals surface area contributed by atoms with E-state index in [1.165, 1.54) is 4.90 Å². The minimum Gasteiger partial charge on any atom is -0.341 e. The van der Waals surface area contributed by atoms with Crippen LogP contribution < -0.4 is 5.32 Å². The third kappa shape index (κ3) is 4.32. The summed E-state index contributed by atoms with van der Waals surface area (Å²) in [5, 5.41) is 3.13. The number of halogens is 4. The summed E-state index contributed by atoms with van der Waals surface area (Å²) in [6.07, 6.45) is -4.01. The van der Waals surface area contributed by atoms with Gasteiger partial charge in [0.1, 0.15) is 0 Å². The standard InChI is InChI=1S/C18H24F3N3O.ClH/c19-18(20,21)17(16(25)24-10-4-8-22-9-12-24)7-11-23(14-17)13-15-5-2-1-3-6-15;/h1-3,5-6,22H,4,7-14H2;1H. The van der Waals surface area contributed by atoms with Gasteiger partial charge in [-0.3, -0.25) is 9.69 Å². The van der Waals surface area contributed by atoms with Gasteiger partial charge in [0.05, 0.1) is 0 Å². The van der Waals surface area contributed by atoms with Gasteiger partial charge in [-0.2, -0.15) is 13.2 Å². The van der Waals surface area contributed by atoms with Crippen molar-refractivity contribution in [2.24, 2.45) is 5.41 Å². The highest BCUT2D eigenvalue weighted by Crippen LogP contribution is 2.47. The molecule has 2 fully saturated rings. The fourth-order valence-electron chi connectivity index (χ4n) is 3.74. The molecule has 26 heavy (non-hydrogen) atoms. The number of hydrogen-bond donors (Lipinski definition) is 1. The second-order valence-corrected chi connectivity index (χ2v) is 6.92. The van der Waals surface area contributed by atoms with E-state index in [4.69, 9.17) is 0 Å². The van der Waals surface area contributed by atoms with E-state index in [1.54, 1.807) is 4.90 Å². The van der Waals surface area contributed by atoms with Gasteiger partial charge in [0.2, 0.25) is 5.91 Å². The van der Waals surface area contributed by atoms with Crippen LogP contribution in [0.2, 0.25) is 0 Å². The molecule has 1 N–H and O–H groups in total. The molecule has 1 amide bonds. The van der Waals surface area contributed by atoms with Gasteiger partial charge in [0.15, 0.2) is 5.41 Å². The van der Waals surface area contributed by atoms with E-state index >= 15 is 0 Å². The number of hydrogen-bond acceptors (Lipinski definition) is 3. The van der Waals surface area contributed by atoms with Gasteiger partial charge in [-0.05, 0) is 31.5 Å². The topological polar surface area (TPSA) is 35.6 Å². The van der Waals surface area contributed by atoms with Gasteiger partial charge in [0, 0.05) is 32.7 Å². The van der Waals surface area contributed by atoms with Crippen LogP contribution >= 0.6 is 12.4 Å². The number of alkyl halides is 3. The summed E-state index contributed by atoms with van der Waals surface area (Å²) in [6.45, 7) is 2.49. The zero-order chi connectivity index (χ0) is 17.9. The van der Waals surface area contributed by atoms with E-state index in [9.17, 15) is 18.0 Å². The number of carbonyl (C=O) groups excluding carboxylic acids is 1. The van der Waals surface area contributed by atoms with Crippen molar-refractivity contribution in [1.29, 1.82) is 0 Å². The number of carbonyl (C=O) groups is 1. The van der Waals surface area contributed by atoms with E-state index in [-0.39, 0.29) is 31.9 Å². The fraction of sp³-hybridized carbons (Fsp3) is 0.611. The van der Waals surface area contributed by atoms with Crippen molar-refractivity contribution in [2.45, 2.75) is 25.6 Å². The van der Waals surface area contributed by atoms with E-state index < -0.39 is 17.5 Å². The van der Waals surface area contributed by atoms with Crippen LogP contribution in [0.4, 0.5) is 13.2 Å². The summed E-state index contributed by atoms with van der Waals surface area (Å²) in [4.78, 5) is 16.0. The zero-order valence-corrected chi connectivity index (χ0v) is 15.4. The molecule has 146 valence electrons. The predicted octanol–water partition coefficient (Wildman–Crippen LogP) is 2.68. The number of likely N-dealkylation sites (tertiary alicyclic amines) is 1. The van der Waals surface area contributed by atoms with Crippen LogP contribution in [0, 0.1) is 5.41 Å². The third-order valence-electron chi connectivity index (χ3n) is 5.18. The monoisotopic (exact) mass is 391 g/mol. The maximum absolute atomic E-state index is 13.9. The van der Waals surface area contributed by atoms with Crippen molar-refractivity contribution in [1.82, 2.24) is 15.1 Å². The Hall–Kier alpha value is -1.31. The van der Waals surface area contributed by atoms with Crippen LogP contribution in [0.25, 0.3) is 0 Å². The smallest absolute Gasteiger partial charge is 0.341 e. The Morgan fingerprint density at radius 2 is 1.85 bits per heavy atom. The zero-order valence-electron chi connectivity index (χ0n) is 14.6. The Kier molecular flexibility index (Phi) is 6.93. The molecule has 3 rings (SSSR count). The van der Waals surface area contributed by atoms with Crippen molar-refractivity contribution >= 4 is 18.3 Å². The second kappa shape index (κ2) is 8.59. The molecule has 4 nitrogen and oxygen atoms in total. The quantitative estimate of drug-likeness (QED) is 0.860. The van der Waals surface area contributed by atoms with E-state index in [0.29, 0.717) is 32.6 Å². The number of rotatable bonds is 3. The number of benzene rings is 1. The Morgan fingerprint density at radius 1 is 1.12 bits per heavy atom. The molecule has 1 unspecified atom stereocenters. The predicted molar refractivity (Wildman–Crippen MR) is 96.1 cm³/mol. The number of amides is 1. The molecule has 8 heteroatoms. The molecule has 2 aliphatic heterocycles. The van der Waals surface area contributed by atoms with Gasteiger partial charge in [0.25, 0.3) is 0 Å². The Morgan fingerprint density at radius 3 is 2.54 bits per heavy atom. The summed E-state index contributed by atoms with van der Waals surface area (Å²) in [5.41, 5.74) is -1.31. The first-order valence-corrected chi connectivity index (χ1v) is 8.75. The Labute approximate surface area is 158 Å². The largest absolute Gasteiger partial charge is 0.404 e. The third-order valence-corrected chi connectivity index (χ3v) is 5.18. The maximum Gasteiger partial charge on any atom is 0.404 e. The molecule has 1 atom stereocenters. The van der Waals surface area contributed by atoms with Crippen molar-refractivity contribution in [2.75, 3.05) is 39.3 Å². The second-order valence-electron chi connectivity index (χ2n) is 6.92. The average molecular weight is 392 g/mol. The normalized spacial score (nSPS) is 24.8. The Balaban J connectivity index is 0.00000243. The lowest BCUT2D eigenvalue weighted by Crippen LogP contribution is -2.54. The van der Waals surface area contributed by atoms with Gasteiger partial charge >= 0.3 is 6.18 Å². The molecular weight excluding hydrogens is 367 g/mol. The molecule has 0 aliphatic carbocycles. The van der Waals surface area contributed by atoms with Gasteiger partial charge in [-0.1, -0.05) is 30.3 Å². The van der Waals surface area contributed by atoms with Crippen LogP contribution in [-0.2, 0) is 11.3 Å². The SMILES string of the molecule is Cl.O=C(N1CCCNCC1)C1(C(F)(F)F)CCN(Cc2ccccc2)C1. The fourth-order valence-corrected chi connectivity index (χ4v) is 3.74. The first kappa shape index (κ1) is 21.0. The number of nitrogens with one attached hydrogen (secondary N) is 1. The number of nitrogens with zero attached hydrogens (tertiary/aromatic N) is 2. The van der Waals surface area contributed by atoms with Crippen molar-refractivity contribution in [3.63, 3.8) is 0 Å². The van der Waals surface area contributed by atoms with Crippen LogP contribution in [0.3, 0.4) is 0 Å². The average Bonchev–Trinajstić information content (AvgIpc) is 2.84. The maximum atomic E-state index is 13.9. The molecule has 1 aromatic carbocycles. The molecule has 0 bridgehead atoms. The van der Waals surface area contributed by atoms with E-state index in [1.807, 2.05) is 30.3 Å². The molecule has 0 saturated carbocycles. The summed E-state index contributed by atoms with van der Waals surface area (Å²) in [7, 11) is 0. The van der Waals surface area contributed by atoms with Crippen LogP contribution in [0.5, 0.6) is 0 Å².